The van der Waals surface area contributed by atoms with E-state index in [2.05, 4.69) is 5.32 Å². The van der Waals surface area contributed by atoms with Crippen molar-refractivity contribution in [1.82, 2.24) is 5.32 Å². The van der Waals surface area contributed by atoms with E-state index in [0.717, 1.165) is 16.9 Å². The molecule has 1 aromatic heterocycles. The quantitative estimate of drug-likeness (QED) is 0.708. The second-order valence-electron chi connectivity index (χ2n) is 5.24. The van der Waals surface area contributed by atoms with Gasteiger partial charge in [-0.25, -0.2) is 0 Å². The molecule has 1 aromatic carbocycles. The van der Waals surface area contributed by atoms with E-state index in [-0.39, 0.29) is 24.9 Å². The van der Waals surface area contributed by atoms with Crippen LogP contribution in [0.4, 0.5) is 0 Å². The van der Waals surface area contributed by atoms with Gasteiger partial charge < -0.3 is 14.8 Å². The Balaban J connectivity index is 1.58. The first-order chi connectivity index (χ1) is 11.7. The minimum atomic E-state index is -0.355. The van der Waals surface area contributed by atoms with Crippen molar-refractivity contribution >= 4 is 23.2 Å². The number of methoxy groups -OCH3 is 1. The van der Waals surface area contributed by atoms with Gasteiger partial charge in [0.05, 0.1) is 7.11 Å². The molecule has 5 nitrogen and oxygen atoms in total. The predicted molar refractivity (Wildman–Crippen MR) is 93.3 cm³/mol. The number of benzene rings is 1. The van der Waals surface area contributed by atoms with E-state index in [9.17, 15) is 9.59 Å². The highest BCUT2D eigenvalue weighted by Crippen LogP contribution is 2.11. The van der Waals surface area contributed by atoms with Crippen LogP contribution in [0.1, 0.15) is 17.5 Å². The summed E-state index contributed by atoms with van der Waals surface area (Å²) in [6, 6.07) is 9.65. The Labute approximate surface area is 145 Å². The molecular weight excluding hydrogens is 326 g/mol. The van der Waals surface area contributed by atoms with Crippen LogP contribution >= 0.6 is 11.3 Å². The Morgan fingerprint density at radius 1 is 1.08 bits per heavy atom. The zero-order valence-corrected chi connectivity index (χ0v) is 14.4. The maximum absolute atomic E-state index is 11.7. The number of carbonyl (C=O) groups is 2. The third kappa shape index (κ3) is 6.42. The van der Waals surface area contributed by atoms with E-state index in [4.69, 9.17) is 9.47 Å². The first kappa shape index (κ1) is 18.0. The molecule has 0 aliphatic heterocycles. The monoisotopic (exact) mass is 347 g/mol. The van der Waals surface area contributed by atoms with Crippen molar-refractivity contribution in [2.45, 2.75) is 19.3 Å². The Kier molecular flexibility index (Phi) is 7.29. The van der Waals surface area contributed by atoms with Crippen molar-refractivity contribution in [1.29, 1.82) is 0 Å². The molecule has 1 amide bonds. The van der Waals surface area contributed by atoms with Crippen LogP contribution in [0.25, 0.3) is 0 Å². The van der Waals surface area contributed by atoms with Crippen LogP contribution in [0.2, 0.25) is 0 Å². The molecule has 6 heteroatoms. The summed E-state index contributed by atoms with van der Waals surface area (Å²) >= 11 is 1.60. The normalized spacial score (nSPS) is 10.2. The SMILES string of the molecule is COc1ccc(CCNC(=O)COC(=O)CCc2ccsc2)cc1. The summed E-state index contributed by atoms with van der Waals surface area (Å²) in [7, 11) is 1.62. The summed E-state index contributed by atoms with van der Waals surface area (Å²) in [4.78, 5) is 23.3. The van der Waals surface area contributed by atoms with Gasteiger partial charge in [0.15, 0.2) is 6.61 Å². The van der Waals surface area contributed by atoms with Crippen LogP contribution in [0.3, 0.4) is 0 Å². The molecule has 0 spiro atoms. The van der Waals surface area contributed by atoms with Crippen molar-refractivity contribution < 1.29 is 19.1 Å². The van der Waals surface area contributed by atoms with Crippen molar-refractivity contribution in [2.75, 3.05) is 20.3 Å². The van der Waals surface area contributed by atoms with Crippen LogP contribution in [0.5, 0.6) is 5.75 Å². The first-order valence-electron chi connectivity index (χ1n) is 7.73. The van der Waals surface area contributed by atoms with E-state index in [1.165, 1.54) is 0 Å². The Morgan fingerprint density at radius 3 is 2.54 bits per heavy atom. The summed E-state index contributed by atoms with van der Waals surface area (Å²) in [5.74, 6) is 0.163. The van der Waals surface area contributed by atoms with Gasteiger partial charge in [0.25, 0.3) is 5.91 Å². The molecule has 0 aliphatic rings. The fourth-order valence-corrected chi connectivity index (χ4v) is 2.79. The van der Waals surface area contributed by atoms with Crippen molar-refractivity contribution in [3.8, 4) is 5.75 Å². The third-order valence-electron chi connectivity index (χ3n) is 3.46. The Hall–Kier alpha value is -2.34. The first-order valence-corrected chi connectivity index (χ1v) is 8.68. The number of hydrogen-bond acceptors (Lipinski definition) is 5. The number of carbonyl (C=O) groups excluding carboxylic acids is 2. The van der Waals surface area contributed by atoms with E-state index in [1.54, 1.807) is 18.4 Å². The summed E-state index contributed by atoms with van der Waals surface area (Å²) < 4.78 is 10.1. The average molecular weight is 347 g/mol. The second-order valence-corrected chi connectivity index (χ2v) is 6.02. The molecule has 0 saturated heterocycles. The van der Waals surface area contributed by atoms with Crippen LogP contribution in [-0.4, -0.2) is 32.1 Å². The van der Waals surface area contributed by atoms with Crippen molar-refractivity contribution in [2.24, 2.45) is 0 Å². The van der Waals surface area contributed by atoms with Crippen LogP contribution in [0.15, 0.2) is 41.1 Å². The molecule has 2 rings (SSSR count). The van der Waals surface area contributed by atoms with Gasteiger partial charge in [0, 0.05) is 13.0 Å². The maximum atomic E-state index is 11.7. The molecular formula is C18H21NO4S. The number of amides is 1. The van der Waals surface area contributed by atoms with Gasteiger partial charge in [-0.05, 0) is 52.9 Å². The lowest BCUT2D eigenvalue weighted by Crippen LogP contribution is -2.30. The van der Waals surface area contributed by atoms with Crippen LogP contribution in [-0.2, 0) is 27.2 Å². The number of rotatable bonds is 9. The highest BCUT2D eigenvalue weighted by atomic mass is 32.1. The van der Waals surface area contributed by atoms with Gasteiger partial charge in [-0.1, -0.05) is 12.1 Å². The summed E-state index contributed by atoms with van der Waals surface area (Å²) in [6.45, 7) is 0.267. The number of esters is 1. The Morgan fingerprint density at radius 2 is 1.88 bits per heavy atom. The molecule has 128 valence electrons. The number of aryl methyl sites for hydroxylation is 1. The smallest absolute Gasteiger partial charge is 0.306 e. The fraction of sp³-hybridized carbons (Fsp3) is 0.333. The minimum Gasteiger partial charge on any atom is -0.497 e. The number of nitrogens with one attached hydrogen (secondary N) is 1. The summed E-state index contributed by atoms with van der Waals surface area (Å²) in [5, 5.41) is 6.71. The Bertz CT molecular complexity index is 638. The number of hydrogen-bond donors (Lipinski definition) is 1. The van der Waals surface area contributed by atoms with Gasteiger partial charge in [-0.3, -0.25) is 9.59 Å². The topological polar surface area (TPSA) is 64.6 Å². The molecule has 0 fully saturated rings. The molecule has 0 atom stereocenters. The van der Waals surface area contributed by atoms with E-state index < -0.39 is 0 Å². The van der Waals surface area contributed by atoms with Gasteiger partial charge in [0.2, 0.25) is 0 Å². The lowest BCUT2D eigenvalue weighted by Gasteiger charge is -2.07. The summed E-state index contributed by atoms with van der Waals surface area (Å²) in [5.41, 5.74) is 2.21. The standard InChI is InChI=1S/C18H21NO4S/c1-22-16-5-2-14(3-6-16)8-10-19-17(20)12-23-18(21)7-4-15-9-11-24-13-15/h2-3,5-6,9,11,13H,4,7-8,10,12H2,1H3,(H,19,20). The van der Waals surface area contributed by atoms with Crippen molar-refractivity contribution in [3.05, 3.63) is 52.2 Å². The van der Waals surface area contributed by atoms with Gasteiger partial charge >= 0.3 is 5.97 Å². The second kappa shape index (κ2) is 9.72. The zero-order valence-electron chi connectivity index (χ0n) is 13.6. The summed E-state index contributed by atoms with van der Waals surface area (Å²) in [6.07, 6.45) is 1.64. The lowest BCUT2D eigenvalue weighted by molar-refractivity contribution is -0.148. The number of ether oxygens (including phenoxy) is 2. The van der Waals surface area contributed by atoms with Crippen molar-refractivity contribution in [3.63, 3.8) is 0 Å². The van der Waals surface area contributed by atoms with Gasteiger partial charge in [-0.15, -0.1) is 0 Å². The molecule has 1 heterocycles. The minimum absolute atomic E-state index is 0.231. The van der Waals surface area contributed by atoms with E-state index in [0.29, 0.717) is 19.4 Å². The van der Waals surface area contributed by atoms with E-state index in [1.807, 2.05) is 41.1 Å². The average Bonchev–Trinajstić information content (AvgIpc) is 3.12. The third-order valence-corrected chi connectivity index (χ3v) is 4.19. The fourth-order valence-electron chi connectivity index (χ4n) is 2.09. The highest BCUT2D eigenvalue weighted by molar-refractivity contribution is 7.07. The van der Waals surface area contributed by atoms with E-state index >= 15 is 0 Å². The molecule has 0 unspecified atom stereocenters. The molecule has 0 aliphatic carbocycles. The molecule has 24 heavy (non-hydrogen) atoms. The lowest BCUT2D eigenvalue weighted by atomic mass is 10.1. The predicted octanol–water partition coefficient (Wildman–Crippen LogP) is 2.59. The van der Waals surface area contributed by atoms with Crippen LogP contribution < -0.4 is 10.1 Å². The zero-order chi connectivity index (χ0) is 17.2. The largest absolute Gasteiger partial charge is 0.497 e. The van der Waals surface area contributed by atoms with Gasteiger partial charge in [-0.2, -0.15) is 11.3 Å². The molecule has 0 bridgehead atoms. The molecule has 0 radical (unpaired) electrons. The maximum Gasteiger partial charge on any atom is 0.306 e. The molecule has 0 saturated carbocycles. The molecule has 2 aromatic rings. The molecule has 1 N–H and O–H groups in total. The highest BCUT2D eigenvalue weighted by Gasteiger charge is 2.08. The van der Waals surface area contributed by atoms with Gasteiger partial charge in [0.1, 0.15) is 5.75 Å². The number of thiophene rings is 1. The van der Waals surface area contributed by atoms with Crippen LogP contribution in [0, 0.1) is 0 Å².